The number of rotatable bonds is 4. The number of amides is 2. The van der Waals surface area contributed by atoms with E-state index < -0.39 is 0 Å². The van der Waals surface area contributed by atoms with Gasteiger partial charge < -0.3 is 29.6 Å². The Morgan fingerprint density at radius 2 is 1.93 bits per heavy atom. The summed E-state index contributed by atoms with van der Waals surface area (Å²) in [4.78, 5) is 15.9. The second kappa shape index (κ2) is 7.92. The summed E-state index contributed by atoms with van der Waals surface area (Å²) in [5.74, 6) is 2.61. The van der Waals surface area contributed by atoms with Gasteiger partial charge in [-0.3, -0.25) is 4.98 Å². The van der Waals surface area contributed by atoms with E-state index in [1.807, 2.05) is 0 Å². The summed E-state index contributed by atoms with van der Waals surface area (Å²) in [6, 6.07) is 8.13. The number of methoxy groups -OCH3 is 1. The van der Waals surface area contributed by atoms with Crippen LogP contribution in [0.15, 0.2) is 36.5 Å². The Balaban J connectivity index is 1.73. The Morgan fingerprint density at radius 3 is 2.66 bits per heavy atom. The molecule has 0 bridgehead atoms. The van der Waals surface area contributed by atoms with E-state index in [0.717, 1.165) is 0 Å². The van der Waals surface area contributed by atoms with Crippen molar-refractivity contribution in [3.05, 3.63) is 41.6 Å². The SMILES string of the molecule is CNC(=O)Nc1ccc(Oc2ccnc3cc(OC)c4c(c23)OCCO4)cc1Cl. The molecule has 0 spiro atoms. The zero-order valence-electron chi connectivity index (χ0n) is 15.7. The molecule has 8 nitrogen and oxygen atoms in total. The normalized spacial score (nSPS) is 12.4. The van der Waals surface area contributed by atoms with Gasteiger partial charge in [0.1, 0.15) is 24.7 Å². The standard InChI is InChI=1S/C20H18ClN3O5/c1-22-20(25)24-13-4-3-11(9-12(13)21)29-15-5-6-23-14-10-16(26-2)18-19(17(14)15)28-8-7-27-18/h3-6,9-10H,7-8H2,1-2H3,(H2,22,24,25). The number of aromatic nitrogens is 1. The topological polar surface area (TPSA) is 90.9 Å². The predicted molar refractivity (Wildman–Crippen MR) is 109 cm³/mol. The van der Waals surface area contributed by atoms with E-state index in [0.29, 0.717) is 63.6 Å². The highest BCUT2D eigenvalue weighted by molar-refractivity contribution is 6.33. The maximum absolute atomic E-state index is 11.5. The first-order valence-corrected chi connectivity index (χ1v) is 9.20. The van der Waals surface area contributed by atoms with Gasteiger partial charge in [-0.05, 0) is 18.2 Å². The molecule has 2 aromatic carbocycles. The number of fused-ring (bicyclic) bond motifs is 3. The van der Waals surface area contributed by atoms with Crippen molar-refractivity contribution >= 4 is 34.2 Å². The quantitative estimate of drug-likeness (QED) is 0.663. The first-order valence-electron chi connectivity index (χ1n) is 8.82. The number of pyridine rings is 1. The number of hydrogen-bond donors (Lipinski definition) is 2. The fourth-order valence-corrected chi connectivity index (χ4v) is 3.20. The molecule has 0 saturated carbocycles. The van der Waals surface area contributed by atoms with Crippen molar-refractivity contribution in [2.45, 2.75) is 0 Å². The number of urea groups is 1. The van der Waals surface area contributed by atoms with Crippen LogP contribution in [0.25, 0.3) is 10.9 Å². The van der Waals surface area contributed by atoms with Crippen LogP contribution in [0.2, 0.25) is 5.02 Å². The zero-order valence-corrected chi connectivity index (χ0v) is 16.5. The van der Waals surface area contributed by atoms with Crippen LogP contribution in [0.3, 0.4) is 0 Å². The van der Waals surface area contributed by atoms with Crippen molar-refractivity contribution in [3.63, 3.8) is 0 Å². The van der Waals surface area contributed by atoms with Gasteiger partial charge in [0.25, 0.3) is 0 Å². The van der Waals surface area contributed by atoms with E-state index in [9.17, 15) is 4.79 Å². The molecule has 0 radical (unpaired) electrons. The van der Waals surface area contributed by atoms with Crippen LogP contribution >= 0.6 is 11.6 Å². The van der Waals surface area contributed by atoms with Gasteiger partial charge in [-0.15, -0.1) is 0 Å². The maximum Gasteiger partial charge on any atom is 0.319 e. The van der Waals surface area contributed by atoms with Crippen molar-refractivity contribution in [1.29, 1.82) is 0 Å². The lowest BCUT2D eigenvalue weighted by molar-refractivity contribution is 0.167. The third-order valence-corrected chi connectivity index (χ3v) is 4.62. The molecule has 2 amide bonds. The average molecular weight is 416 g/mol. The molecule has 9 heteroatoms. The molecule has 4 rings (SSSR count). The number of benzene rings is 2. The summed E-state index contributed by atoms with van der Waals surface area (Å²) in [5.41, 5.74) is 1.12. The summed E-state index contributed by atoms with van der Waals surface area (Å²) in [6.07, 6.45) is 1.64. The monoisotopic (exact) mass is 415 g/mol. The molecule has 1 aliphatic rings. The molecular weight excluding hydrogens is 398 g/mol. The Kier molecular flexibility index (Phi) is 5.18. The lowest BCUT2D eigenvalue weighted by Crippen LogP contribution is -2.24. The number of carbonyl (C=O) groups excluding carboxylic acids is 1. The molecule has 150 valence electrons. The number of ether oxygens (including phenoxy) is 4. The highest BCUT2D eigenvalue weighted by Gasteiger charge is 2.24. The van der Waals surface area contributed by atoms with E-state index in [1.165, 1.54) is 7.05 Å². The molecule has 2 N–H and O–H groups in total. The number of carbonyl (C=O) groups is 1. The Morgan fingerprint density at radius 1 is 1.14 bits per heavy atom. The Labute approximate surface area is 171 Å². The summed E-state index contributed by atoms with van der Waals surface area (Å²) in [6.45, 7) is 0.843. The van der Waals surface area contributed by atoms with Crippen molar-refractivity contribution in [2.24, 2.45) is 0 Å². The number of nitrogens with one attached hydrogen (secondary N) is 2. The zero-order chi connectivity index (χ0) is 20.4. The number of halogens is 1. The molecule has 29 heavy (non-hydrogen) atoms. The third-order valence-electron chi connectivity index (χ3n) is 4.31. The van der Waals surface area contributed by atoms with E-state index in [2.05, 4.69) is 15.6 Å². The Hall–Kier alpha value is -3.39. The second-order valence-corrected chi connectivity index (χ2v) is 6.49. The fourth-order valence-electron chi connectivity index (χ4n) is 2.98. The molecule has 0 atom stereocenters. The largest absolute Gasteiger partial charge is 0.493 e. The summed E-state index contributed by atoms with van der Waals surface area (Å²) in [7, 11) is 3.09. The number of anilines is 1. The van der Waals surface area contributed by atoms with E-state index in [4.69, 9.17) is 30.5 Å². The lowest BCUT2D eigenvalue weighted by atomic mass is 10.1. The minimum Gasteiger partial charge on any atom is -0.493 e. The van der Waals surface area contributed by atoms with Crippen molar-refractivity contribution in [2.75, 3.05) is 32.7 Å². The summed E-state index contributed by atoms with van der Waals surface area (Å²) >= 11 is 6.27. The minimum atomic E-state index is -0.363. The molecule has 2 heterocycles. The molecule has 0 aliphatic carbocycles. The van der Waals surface area contributed by atoms with Crippen LogP contribution in [0.1, 0.15) is 0 Å². The summed E-state index contributed by atoms with van der Waals surface area (Å²) < 4.78 is 23.1. The summed E-state index contributed by atoms with van der Waals surface area (Å²) in [5, 5.41) is 6.12. The molecule has 1 aromatic heterocycles. The van der Waals surface area contributed by atoms with Crippen LogP contribution in [-0.4, -0.2) is 38.4 Å². The van der Waals surface area contributed by atoms with Crippen LogP contribution in [0.4, 0.5) is 10.5 Å². The molecule has 1 aliphatic heterocycles. The average Bonchev–Trinajstić information content (AvgIpc) is 2.75. The van der Waals surface area contributed by atoms with Crippen LogP contribution < -0.4 is 29.6 Å². The van der Waals surface area contributed by atoms with Gasteiger partial charge in [0.15, 0.2) is 11.5 Å². The fraction of sp³-hybridized carbons (Fsp3) is 0.200. The van der Waals surface area contributed by atoms with Gasteiger partial charge in [-0.1, -0.05) is 11.6 Å². The lowest BCUT2D eigenvalue weighted by Gasteiger charge is -2.23. The smallest absolute Gasteiger partial charge is 0.319 e. The van der Waals surface area contributed by atoms with Gasteiger partial charge in [-0.25, -0.2) is 4.79 Å². The van der Waals surface area contributed by atoms with E-state index in [1.54, 1.807) is 43.6 Å². The van der Waals surface area contributed by atoms with Gasteiger partial charge >= 0.3 is 6.03 Å². The second-order valence-electron chi connectivity index (χ2n) is 6.09. The van der Waals surface area contributed by atoms with Crippen LogP contribution in [-0.2, 0) is 0 Å². The highest BCUT2D eigenvalue weighted by atomic mass is 35.5. The predicted octanol–water partition coefficient (Wildman–Crippen LogP) is 4.21. The third kappa shape index (κ3) is 3.66. The van der Waals surface area contributed by atoms with E-state index in [-0.39, 0.29) is 6.03 Å². The van der Waals surface area contributed by atoms with Crippen molar-refractivity contribution in [1.82, 2.24) is 10.3 Å². The first kappa shape index (κ1) is 18.9. The highest BCUT2D eigenvalue weighted by Crippen LogP contribution is 2.48. The molecule has 0 unspecified atom stereocenters. The van der Waals surface area contributed by atoms with Crippen LogP contribution in [0, 0.1) is 0 Å². The van der Waals surface area contributed by atoms with Crippen LogP contribution in [0.5, 0.6) is 28.7 Å². The number of nitrogens with zero attached hydrogens (tertiary/aromatic N) is 1. The van der Waals surface area contributed by atoms with Crippen molar-refractivity contribution in [3.8, 4) is 28.7 Å². The molecule has 3 aromatic rings. The van der Waals surface area contributed by atoms with Gasteiger partial charge in [-0.2, -0.15) is 0 Å². The van der Waals surface area contributed by atoms with Gasteiger partial charge in [0.05, 0.1) is 28.7 Å². The molecule has 0 saturated heterocycles. The van der Waals surface area contributed by atoms with Gasteiger partial charge in [0.2, 0.25) is 5.75 Å². The Bertz CT molecular complexity index is 1090. The van der Waals surface area contributed by atoms with Crippen molar-refractivity contribution < 1.29 is 23.7 Å². The molecule has 0 fully saturated rings. The molecular formula is C20H18ClN3O5. The first-order chi connectivity index (χ1) is 14.1. The number of hydrogen-bond acceptors (Lipinski definition) is 6. The van der Waals surface area contributed by atoms with E-state index >= 15 is 0 Å². The maximum atomic E-state index is 11.5. The minimum absolute atomic E-state index is 0.341. The van der Waals surface area contributed by atoms with Gasteiger partial charge in [0, 0.05) is 25.4 Å².